The van der Waals surface area contributed by atoms with E-state index in [1.807, 2.05) is 23.1 Å². The Balaban J connectivity index is 0.00000363. The number of guanidine groups is 1. The molecule has 0 spiro atoms. The van der Waals surface area contributed by atoms with Crippen LogP contribution in [0.2, 0.25) is 0 Å². The van der Waals surface area contributed by atoms with Crippen molar-refractivity contribution < 1.29 is 9.72 Å². The summed E-state index contributed by atoms with van der Waals surface area (Å²) < 4.78 is 0. The summed E-state index contributed by atoms with van der Waals surface area (Å²) in [7, 11) is 0. The Hall–Kier alpha value is -2.34. The van der Waals surface area contributed by atoms with Crippen LogP contribution in [-0.2, 0) is 11.3 Å². The first-order valence-electron chi connectivity index (χ1n) is 10.2. The van der Waals surface area contributed by atoms with Crippen molar-refractivity contribution in [2.24, 2.45) is 4.99 Å². The molecule has 1 N–H and O–H groups in total. The van der Waals surface area contributed by atoms with Crippen LogP contribution >= 0.6 is 35.7 Å². The predicted octanol–water partition coefficient (Wildman–Crippen LogP) is 3.61. The Morgan fingerprint density at radius 2 is 1.69 bits per heavy atom. The molecule has 0 aliphatic carbocycles. The average Bonchev–Trinajstić information content (AvgIpc) is 2.79. The van der Waals surface area contributed by atoms with Gasteiger partial charge in [-0.25, -0.2) is 4.99 Å². The number of carbonyl (C=O) groups is 1. The Labute approximate surface area is 209 Å². The molecule has 0 bridgehead atoms. The number of aliphatic imine (C=N–C) groups is 1. The molecule has 10 heteroatoms. The summed E-state index contributed by atoms with van der Waals surface area (Å²) in [5.74, 6) is 1.79. The lowest BCUT2D eigenvalue weighted by Gasteiger charge is -2.36. The molecule has 1 saturated heterocycles. The van der Waals surface area contributed by atoms with Crippen molar-refractivity contribution >= 4 is 53.3 Å². The zero-order chi connectivity index (χ0) is 22.1. The Kier molecular flexibility index (Phi) is 10.7. The van der Waals surface area contributed by atoms with Crippen molar-refractivity contribution in [3.63, 3.8) is 0 Å². The van der Waals surface area contributed by atoms with E-state index in [0.29, 0.717) is 19.6 Å². The quantitative estimate of drug-likeness (QED) is 0.104. The molecule has 0 radical (unpaired) electrons. The molecule has 3 rings (SSSR count). The smallest absolute Gasteiger partial charge is 0.269 e. The molecule has 1 aliphatic rings. The second kappa shape index (κ2) is 13.3. The fraction of sp³-hybridized carbons (Fsp3) is 0.364. The van der Waals surface area contributed by atoms with Gasteiger partial charge in [0.25, 0.3) is 5.69 Å². The maximum absolute atomic E-state index is 11.6. The first kappa shape index (κ1) is 25.9. The minimum Gasteiger partial charge on any atom is -0.355 e. The van der Waals surface area contributed by atoms with Gasteiger partial charge >= 0.3 is 0 Å². The van der Waals surface area contributed by atoms with Crippen molar-refractivity contribution in [3.05, 3.63) is 70.3 Å². The van der Waals surface area contributed by atoms with Gasteiger partial charge in [-0.15, -0.1) is 35.7 Å². The van der Waals surface area contributed by atoms with Gasteiger partial charge in [-0.3, -0.25) is 14.9 Å². The third kappa shape index (κ3) is 7.97. The highest BCUT2D eigenvalue weighted by molar-refractivity contribution is 14.0. The van der Waals surface area contributed by atoms with Crippen LogP contribution in [0.15, 0.2) is 64.5 Å². The third-order valence-electron chi connectivity index (χ3n) is 4.98. The normalized spacial score (nSPS) is 14.0. The molecule has 2 aromatic rings. The molecule has 8 nitrogen and oxygen atoms in total. The molecule has 0 unspecified atom stereocenters. The molecule has 1 aliphatic heterocycles. The molecule has 32 heavy (non-hydrogen) atoms. The van der Waals surface area contributed by atoms with Crippen LogP contribution in [0.3, 0.4) is 0 Å². The maximum Gasteiger partial charge on any atom is 0.269 e. The van der Waals surface area contributed by atoms with Crippen molar-refractivity contribution in [2.45, 2.75) is 18.4 Å². The molecular weight excluding hydrogens is 541 g/mol. The zero-order valence-electron chi connectivity index (χ0n) is 18.0. The SMILES string of the molecule is CC(=O)N1CCN(C(=NCc2ccc([N+](=O)[O-])cc2)NCCSc2ccccc2)CC1.I. The second-order valence-electron chi connectivity index (χ2n) is 7.14. The van der Waals surface area contributed by atoms with Gasteiger partial charge in [-0.2, -0.15) is 0 Å². The van der Waals surface area contributed by atoms with Gasteiger partial charge in [0.1, 0.15) is 0 Å². The lowest BCUT2D eigenvalue weighted by Crippen LogP contribution is -2.53. The number of halogens is 1. The van der Waals surface area contributed by atoms with E-state index in [1.165, 1.54) is 17.0 Å². The minimum absolute atomic E-state index is 0. The molecule has 1 amide bonds. The Morgan fingerprint density at radius 1 is 1.06 bits per heavy atom. The number of nitrogens with zero attached hydrogens (tertiary/aromatic N) is 4. The van der Waals surface area contributed by atoms with Gasteiger partial charge in [0.05, 0.1) is 11.5 Å². The number of piperazine rings is 1. The summed E-state index contributed by atoms with van der Waals surface area (Å²) in [4.78, 5) is 32.0. The van der Waals surface area contributed by atoms with Crippen molar-refractivity contribution in [3.8, 4) is 0 Å². The van der Waals surface area contributed by atoms with E-state index in [9.17, 15) is 14.9 Å². The number of nitrogens with one attached hydrogen (secondary N) is 1. The Morgan fingerprint density at radius 3 is 2.28 bits per heavy atom. The standard InChI is InChI=1S/C22H27N5O3S.HI/c1-18(28)25-12-14-26(15-13-25)22(23-11-16-31-21-5-3-2-4-6-21)24-17-19-7-9-20(10-8-19)27(29)30;/h2-10H,11-17H2,1H3,(H,23,24);1H. The van der Waals surface area contributed by atoms with Crippen LogP contribution in [0.25, 0.3) is 0 Å². The van der Waals surface area contributed by atoms with E-state index in [4.69, 9.17) is 4.99 Å². The highest BCUT2D eigenvalue weighted by Gasteiger charge is 2.21. The van der Waals surface area contributed by atoms with Crippen LogP contribution in [0.4, 0.5) is 5.69 Å². The fourth-order valence-corrected chi connectivity index (χ4v) is 4.03. The minimum atomic E-state index is -0.404. The topological polar surface area (TPSA) is 91.1 Å². The number of non-ortho nitro benzene ring substituents is 1. The van der Waals surface area contributed by atoms with Crippen molar-refractivity contribution in [1.29, 1.82) is 0 Å². The summed E-state index contributed by atoms with van der Waals surface area (Å²) >= 11 is 1.78. The number of rotatable bonds is 7. The fourth-order valence-electron chi connectivity index (χ4n) is 3.24. The summed E-state index contributed by atoms with van der Waals surface area (Å²) in [6.07, 6.45) is 0. The molecule has 0 saturated carbocycles. The summed E-state index contributed by atoms with van der Waals surface area (Å²) in [5.41, 5.74) is 0.982. The molecule has 172 valence electrons. The van der Waals surface area contributed by atoms with Gasteiger partial charge in [0, 0.05) is 62.4 Å². The number of hydrogen-bond donors (Lipinski definition) is 1. The van der Waals surface area contributed by atoms with Crippen LogP contribution in [0.1, 0.15) is 12.5 Å². The lowest BCUT2D eigenvalue weighted by atomic mass is 10.2. The van der Waals surface area contributed by atoms with Crippen LogP contribution in [0.5, 0.6) is 0 Å². The highest BCUT2D eigenvalue weighted by atomic mass is 127. The zero-order valence-corrected chi connectivity index (χ0v) is 21.1. The highest BCUT2D eigenvalue weighted by Crippen LogP contribution is 2.16. The maximum atomic E-state index is 11.6. The number of nitro benzene ring substituents is 1. The van der Waals surface area contributed by atoms with Gasteiger partial charge in [0.2, 0.25) is 5.91 Å². The monoisotopic (exact) mass is 569 g/mol. The first-order valence-corrected chi connectivity index (χ1v) is 11.2. The molecule has 0 atom stereocenters. The number of nitro groups is 1. The van der Waals surface area contributed by atoms with Crippen LogP contribution < -0.4 is 5.32 Å². The third-order valence-corrected chi connectivity index (χ3v) is 5.99. The second-order valence-corrected chi connectivity index (χ2v) is 8.31. The molecule has 1 heterocycles. The van der Waals surface area contributed by atoms with E-state index in [1.54, 1.807) is 30.8 Å². The van der Waals surface area contributed by atoms with E-state index >= 15 is 0 Å². The molecule has 0 aromatic heterocycles. The van der Waals surface area contributed by atoms with E-state index < -0.39 is 4.92 Å². The lowest BCUT2D eigenvalue weighted by molar-refractivity contribution is -0.384. The Bertz CT molecular complexity index is 904. The molecular formula is C22H28IN5O3S. The largest absolute Gasteiger partial charge is 0.355 e. The van der Waals surface area contributed by atoms with E-state index in [0.717, 1.165) is 36.9 Å². The number of benzene rings is 2. The average molecular weight is 569 g/mol. The van der Waals surface area contributed by atoms with E-state index in [-0.39, 0.29) is 35.6 Å². The van der Waals surface area contributed by atoms with Crippen LogP contribution in [-0.4, -0.2) is 65.1 Å². The van der Waals surface area contributed by atoms with E-state index in [2.05, 4.69) is 22.3 Å². The van der Waals surface area contributed by atoms with Crippen molar-refractivity contribution in [1.82, 2.24) is 15.1 Å². The number of carbonyl (C=O) groups excluding carboxylic acids is 1. The number of hydrogen-bond acceptors (Lipinski definition) is 5. The van der Waals surface area contributed by atoms with Gasteiger partial charge in [-0.05, 0) is 17.7 Å². The number of thioether (sulfide) groups is 1. The van der Waals surface area contributed by atoms with Gasteiger partial charge in [0.15, 0.2) is 5.96 Å². The predicted molar refractivity (Wildman–Crippen MR) is 139 cm³/mol. The summed E-state index contributed by atoms with van der Waals surface area (Å²) in [6, 6.07) is 16.7. The molecule has 2 aromatic carbocycles. The number of amides is 1. The van der Waals surface area contributed by atoms with Crippen molar-refractivity contribution in [2.75, 3.05) is 38.5 Å². The van der Waals surface area contributed by atoms with Crippen LogP contribution in [0, 0.1) is 10.1 Å². The van der Waals surface area contributed by atoms with Gasteiger partial charge in [-0.1, -0.05) is 30.3 Å². The summed E-state index contributed by atoms with van der Waals surface area (Å²) in [5, 5.41) is 14.3. The summed E-state index contributed by atoms with van der Waals surface area (Å²) in [6.45, 7) is 5.57. The van der Waals surface area contributed by atoms with Gasteiger partial charge < -0.3 is 15.1 Å². The first-order chi connectivity index (χ1) is 15.0. The molecule has 1 fully saturated rings.